The van der Waals surface area contributed by atoms with Crippen LogP contribution in [0.4, 0.5) is 5.82 Å². The zero-order chi connectivity index (χ0) is 11.5. The number of aryl methyl sites for hydroxylation is 2. The Balaban J connectivity index is 2.08. The molecule has 84 valence electrons. The quantitative estimate of drug-likeness (QED) is 0.852. The number of hydrogen-bond donors (Lipinski definition) is 1. The minimum absolute atomic E-state index is 0.591. The highest BCUT2D eigenvalue weighted by Crippen LogP contribution is 2.30. The van der Waals surface area contributed by atoms with Crippen LogP contribution in [0.5, 0.6) is 0 Å². The first-order valence-electron chi connectivity index (χ1n) is 4.91. The SMILES string of the molecule is Cc1ncc(CSc2ccsc2C)c(N)n1. The van der Waals surface area contributed by atoms with Gasteiger partial charge in [-0.15, -0.1) is 23.1 Å². The molecule has 3 nitrogen and oxygen atoms in total. The van der Waals surface area contributed by atoms with Crippen LogP contribution in [-0.4, -0.2) is 9.97 Å². The molecule has 0 bridgehead atoms. The van der Waals surface area contributed by atoms with Crippen molar-refractivity contribution in [3.05, 3.63) is 33.9 Å². The van der Waals surface area contributed by atoms with Gasteiger partial charge in [-0.3, -0.25) is 0 Å². The molecule has 5 heteroatoms. The maximum atomic E-state index is 5.84. The Morgan fingerprint density at radius 1 is 1.44 bits per heavy atom. The van der Waals surface area contributed by atoms with E-state index in [2.05, 4.69) is 28.3 Å². The number of thiophene rings is 1. The monoisotopic (exact) mass is 251 g/mol. The van der Waals surface area contributed by atoms with Crippen molar-refractivity contribution in [3.63, 3.8) is 0 Å². The molecule has 0 amide bonds. The molecule has 16 heavy (non-hydrogen) atoms. The van der Waals surface area contributed by atoms with Gasteiger partial charge >= 0.3 is 0 Å². The lowest BCUT2D eigenvalue weighted by Crippen LogP contribution is -2.00. The lowest BCUT2D eigenvalue weighted by Gasteiger charge is -2.04. The summed E-state index contributed by atoms with van der Waals surface area (Å²) in [7, 11) is 0. The fraction of sp³-hybridized carbons (Fsp3) is 0.273. The summed E-state index contributed by atoms with van der Waals surface area (Å²) in [6.07, 6.45) is 1.81. The number of nitrogen functional groups attached to an aromatic ring is 1. The van der Waals surface area contributed by atoms with Gasteiger partial charge < -0.3 is 5.73 Å². The second-order valence-corrected chi connectivity index (χ2v) is 5.59. The lowest BCUT2D eigenvalue weighted by atomic mass is 10.3. The summed E-state index contributed by atoms with van der Waals surface area (Å²) in [5.74, 6) is 2.13. The van der Waals surface area contributed by atoms with Crippen molar-refractivity contribution in [1.29, 1.82) is 0 Å². The maximum Gasteiger partial charge on any atom is 0.131 e. The van der Waals surface area contributed by atoms with Crippen molar-refractivity contribution in [2.75, 3.05) is 5.73 Å². The van der Waals surface area contributed by atoms with Crippen LogP contribution in [0, 0.1) is 13.8 Å². The van der Waals surface area contributed by atoms with E-state index in [1.54, 1.807) is 23.1 Å². The second-order valence-electron chi connectivity index (χ2n) is 3.46. The van der Waals surface area contributed by atoms with E-state index in [9.17, 15) is 0 Å². The molecule has 0 atom stereocenters. The molecule has 0 spiro atoms. The van der Waals surface area contributed by atoms with Gasteiger partial charge in [-0.2, -0.15) is 0 Å². The molecule has 0 fully saturated rings. The largest absolute Gasteiger partial charge is 0.383 e. The third-order valence-electron chi connectivity index (χ3n) is 2.21. The van der Waals surface area contributed by atoms with E-state index in [1.807, 2.05) is 13.1 Å². The van der Waals surface area contributed by atoms with Crippen LogP contribution in [-0.2, 0) is 5.75 Å². The average Bonchev–Trinajstić information content (AvgIpc) is 2.63. The normalized spacial score (nSPS) is 10.6. The van der Waals surface area contributed by atoms with Gasteiger partial charge in [0.1, 0.15) is 11.6 Å². The topological polar surface area (TPSA) is 51.8 Å². The zero-order valence-corrected chi connectivity index (χ0v) is 10.9. The van der Waals surface area contributed by atoms with Crippen LogP contribution in [0.1, 0.15) is 16.3 Å². The molecule has 0 radical (unpaired) electrons. The summed E-state index contributed by atoms with van der Waals surface area (Å²) in [6, 6.07) is 2.13. The molecule has 0 aliphatic heterocycles. The number of nitrogens with two attached hydrogens (primary N) is 1. The van der Waals surface area contributed by atoms with Crippen LogP contribution in [0.2, 0.25) is 0 Å². The molecule has 2 aromatic heterocycles. The molecule has 0 aliphatic rings. The average molecular weight is 251 g/mol. The fourth-order valence-electron chi connectivity index (χ4n) is 1.30. The third-order valence-corrected chi connectivity index (χ3v) is 4.40. The Hall–Kier alpha value is -1.07. The van der Waals surface area contributed by atoms with Gasteiger partial charge in [0.25, 0.3) is 0 Å². The van der Waals surface area contributed by atoms with Gasteiger partial charge in [0.05, 0.1) is 0 Å². The molecular formula is C11H13N3S2. The highest BCUT2D eigenvalue weighted by Gasteiger charge is 2.05. The summed E-state index contributed by atoms with van der Waals surface area (Å²) < 4.78 is 0. The molecule has 0 saturated carbocycles. The van der Waals surface area contributed by atoms with Crippen LogP contribution in [0.3, 0.4) is 0 Å². The van der Waals surface area contributed by atoms with Crippen molar-refractivity contribution >= 4 is 28.9 Å². The van der Waals surface area contributed by atoms with Crippen LogP contribution < -0.4 is 5.73 Å². The van der Waals surface area contributed by atoms with E-state index in [0.29, 0.717) is 5.82 Å². The van der Waals surface area contributed by atoms with Crippen molar-refractivity contribution in [2.45, 2.75) is 24.5 Å². The van der Waals surface area contributed by atoms with Gasteiger partial charge in [-0.25, -0.2) is 9.97 Å². The maximum absolute atomic E-state index is 5.84. The number of anilines is 1. The molecule has 0 unspecified atom stereocenters. The van der Waals surface area contributed by atoms with Gasteiger partial charge in [0.15, 0.2) is 0 Å². The second kappa shape index (κ2) is 4.84. The Bertz CT molecular complexity index is 494. The standard InChI is InChI=1S/C11H13N3S2/c1-7-10(3-4-15-7)16-6-9-5-13-8(2)14-11(9)12/h3-5H,6H2,1-2H3,(H2,12,13,14). The van der Waals surface area contributed by atoms with Crippen LogP contribution >= 0.6 is 23.1 Å². The van der Waals surface area contributed by atoms with Crippen molar-refractivity contribution in [2.24, 2.45) is 0 Å². The number of rotatable bonds is 3. The van der Waals surface area contributed by atoms with E-state index in [-0.39, 0.29) is 0 Å². The Labute approximate surface area is 103 Å². The Kier molecular flexibility index (Phi) is 3.46. The predicted octanol–water partition coefficient (Wildman–Crippen LogP) is 3.03. The van der Waals surface area contributed by atoms with Gasteiger partial charge in [0, 0.05) is 27.3 Å². The smallest absolute Gasteiger partial charge is 0.131 e. The van der Waals surface area contributed by atoms with Gasteiger partial charge in [-0.1, -0.05) is 0 Å². The molecule has 2 N–H and O–H groups in total. The predicted molar refractivity (Wildman–Crippen MR) is 69.8 cm³/mol. The minimum Gasteiger partial charge on any atom is -0.383 e. The summed E-state index contributed by atoms with van der Waals surface area (Å²) >= 11 is 3.54. The summed E-state index contributed by atoms with van der Waals surface area (Å²) in [6.45, 7) is 3.97. The van der Waals surface area contributed by atoms with Crippen molar-refractivity contribution < 1.29 is 0 Å². The number of aromatic nitrogens is 2. The van der Waals surface area contributed by atoms with Crippen LogP contribution in [0.15, 0.2) is 22.5 Å². The van der Waals surface area contributed by atoms with Gasteiger partial charge in [-0.05, 0) is 25.3 Å². The fourth-order valence-corrected chi connectivity index (χ4v) is 3.20. The highest BCUT2D eigenvalue weighted by atomic mass is 32.2. The molecule has 0 aliphatic carbocycles. The first-order chi connectivity index (χ1) is 7.66. The zero-order valence-electron chi connectivity index (χ0n) is 9.23. The Morgan fingerprint density at radius 2 is 2.25 bits per heavy atom. The lowest BCUT2D eigenvalue weighted by molar-refractivity contribution is 1.04. The minimum atomic E-state index is 0.591. The third kappa shape index (κ3) is 2.54. The number of nitrogens with zero attached hydrogens (tertiary/aromatic N) is 2. The highest BCUT2D eigenvalue weighted by molar-refractivity contribution is 7.98. The molecule has 2 aromatic rings. The molecular weight excluding hydrogens is 238 g/mol. The molecule has 0 aromatic carbocycles. The first kappa shape index (κ1) is 11.4. The van der Waals surface area contributed by atoms with E-state index >= 15 is 0 Å². The summed E-state index contributed by atoms with van der Waals surface area (Å²) in [5, 5.41) is 2.10. The van der Waals surface area contributed by atoms with E-state index in [4.69, 9.17) is 5.73 Å². The van der Waals surface area contributed by atoms with Crippen molar-refractivity contribution in [1.82, 2.24) is 9.97 Å². The number of hydrogen-bond acceptors (Lipinski definition) is 5. The van der Waals surface area contributed by atoms with E-state index in [0.717, 1.165) is 17.1 Å². The Morgan fingerprint density at radius 3 is 2.88 bits per heavy atom. The summed E-state index contributed by atoms with van der Waals surface area (Å²) in [5.41, 5.74) is 6.84. The molecule has 0 saturated heterocycles. The molecule has 2 rings (SSSR count). The van der Waals surface area contributed by atoms with Crippen LogP contribution in [0.25, 0.3) is 0 Å². The molecule has 2 heterocycles. The van der Waals surface area contributed by atoms with Gasteiger partial charge in [0.2, 0.25) is 0 Å². The van der Waals surface area contributed by atoms with E-state index in [1.165, 1.54) is 9.77 Å². The first-order valence-corrected chi connectivity index (χ1v) is 6.78. The summed E-state index contributed by atoms with van der Waals surface area (Å²) in [4.78, 5) is 11.0. The van der Waals surface area contributed by atoms with Crippen molar-refractivity contribution in [3.8, 4) is 0 Å². The number of thioether (sulfide) groups is 1. The van der Waals surface area contributed by atoms with E-state index < -0.39 is 0 Å².